The number of ketones is 1. The Bertz CT molecular complexity index is 1090. The lowest BCUT2D eigenvalue weighted by molar-refractivity contribution is -0.0873. The van der Waals surface area contributed by atoms with Gasteiger partial charge in [-0.05, 0) is 37.3 Å². The van der Waals surface area contributed by atoms with Crippen LogP contribution < -0.4 is 10.0 Å². The first-order valence-corrected chi connectivity index (χ1v) is 12.6. The highest BCUT2D eigenvalue weighted by Gasteiger charge is 2.39. The van der Waals surface area contributed by atoms with Crippen molar-refractivity contribution in [3.63, 3.8) is 0 Å². The number of nitrogens with two attached hydrogens (primary N) is 1. The maximum Gasteiger partial charge on any atom is 0.304 e. The van der Waals surface area contributed by atoms with E-state index in [0.717, 1.165) is 0 Å². The Labute approximate surface area is 199 Å². The monoisotopic (exact) mass is 493 g/mol. The number of benzene rings is 1. The molecule has 0 spiro atoms. The van der Waals surface area contributed by atoms with Gasteiger partial charge in [0.25, 0.3) is 0 Å². The lowest BCUT2D eigenvalue weighted by atomic mass is 10.1. The van der Waals surface area contributed by atoms with Crippen molar-refractivity contribution in [3.05, 3.63) is 58.9 Å². The van der Waals surface area contributed by atoms with Crippen LogP contribution in [0.4, 0.5) is 5.69 Å². The summed E-state index contributed by atoms with van der Waals surface area (Å²) in [5.74, 6) is -0.225. The van der Waals surface area contributed by atoms with Crippen LogP contribution in [0.1, 0.15) is 23.0 Å². The van der Waals surface area contributed by atoms with Crippen molar-refractivity contribution in [2.45, 2.75) is 25.6 Å². The van der Waals surface area contributed by atoms with Crippen LogP contribution in [0.15, 0.2) is 42.6 Å². The van der Waals surface area contributed by atoms with E-state index in [0.29, 0.717) is 60.9 Å². The van der Waals surface area contributed by atoms with Crippen LogP contribution in [0.5, 0.6) is 0 Å². The van der Waals surface area contributed by atoms with E-state index in [1.54, 1.807) is 36.4 Å². The van der Waals surface area contributed by atoms with Crippen molar-refractivity contribution in [2.75, 3.05) is 43.7 Å². The summed E-state index contributed by atoms with van der Waals surface area (Å²) in [6.07, 6.45) is 1.43. The number of halogens is 1. The highest BCUT2D eigenvalue weighted by atomic mass is 35.5. The van der Waals surface area contributed by atoms with Crippen molar-refractivity contribution in [1.82, 2.24) is 14.2 Å². The second kappa shape index (κ2) is 10.0. The predicted molar refractivity (Wildman–Crippen MR) is 127 cm³/mol. The second-order valence-corrected chi connectivity index (χ2v) is 10.6. The number of aromatic nitrogens is 1. The molecule has 178 valence electrons. The minimum atomic E-state index is -3.87. The smallest absolute Gasteiger partial charge is 0.304 e. The summed E-state index contributed by atoms with van der Waals surface area (Å²) in [6, 6.07) is 10.4. The zero-order chi connectivity index (χ0) is 23.6. The molecule has 33 heavy (non-hydrogen) atoms. The van der Waals surface area contributed by atoms with Gasteiger partial charge >= 0.3 is 10.2 Å². The van der Waals surface area contributed by atoms with E-state index in [1.807, 2.05) is 6.92 Å². The van der Waals surface area contributed by atoms with Gasteiger partial charge in [0.2, 0.25) is 0 Å². The highest BCUT2D eigenvalue weighted by molar-refractivity contribution is 7.90. The third-order valence-electron chi connectivity index (χ3n) is 6.07. The van der Waals surface area contributed by atoms with Crippen molar-refractivity contribution >= 4 is 33.3 Å². The molecule has 0 aliphatic carbocycles. The summed E-state index contributed by atoms with van der Waals surface area (Å²) in [5.41, 5.74) is 6.76. The summed E-state index contributed by atoms with van der Waals surface area (Å²) >= 11 is 6.18. The SMILES string of the molecule is C[C@H]1CN(S(=O)(=O)N(Cc2ccc(C(=O)CN)cn2)c2cccc(Cl)c2)CCN1C1COC1. The number of carbonyl (C=O) groups is 1. The molecule has 2 aromatic rings. The Hall–Kier alpha value is -2.08. The van der Waals surface area contributed by atoms with Gasteiger partial charge in [0.15, 0.2) is 5.78 Å². The number of hydrogen-bond donors (Lipinski definition) is 1. The van der Waals surface area contributed by atoms with Gasteiger partial charge in [-0.25, -0.2) is 0 Å². The summed E-state index contributed by atoms with van der Waals surface area (Å²) in [7, 11) is -3.87. The number of ether oxygens (including phenoxy) is 1. The molecule has 4 rings (SSSR count). The van der Waals surface area contributed by atoms with Gasteiger partial charge in [-0.15, -0.1) is 0 Å². The van der Waals surface area contributed by atoms with Crippen LogP contribution >= 0.6 is 11.6 Å². The molecule has 0 radical (unpaired) electrons. The molecule has 2 aliphatic heterocycles. The molecule has 1 aromatic carbocycles. The minimum absolute atomic E-state index is 0.00479. The van der Waals surface area contributed by atoms with E-state index in [4.69, 9.17) is 22.1 Å². The molecular weight excluding hydrogens is 466 g/mol. The molecule has 9 nitrogen and oxygen atoms in total. The largest absolute Gasteiger partial charge is 0.378 e. The molecule has 2 aliphatic rings. The van der Waals surface area contributed by atoms with Gasteiger partial charge in [0.1, 0.15) is 0 Å². The fourth-order valence-corrected chi connectivity index (χ4v) is 5.98. The first-order chi connectivity index (χ1) is 15.8. The van der Waals surface area contributed by atoms with Crippen molar-refractivity contribution in [1.29, 1.82) is 0 Å². The average Bonchev–Trinajstić information content (AvgIpc) is 2.77. The molecule has 2 N–H and O–H groups in total. The number of Topliss-reactive ketones (excluding diaryl/α,β-unsaturated/α-hetero) is 1. The van der Waals surface area contributed by atoms with Crippen LogP contribution in [0.2, 0.25) is 5.02 Å². The number of carbonyl (C=O) groups excluding carboxylic acids is 1. The number of anilines is 1. The van der Waals surface area contributed by atoms with Crippen LogP contribution in [0.25, 0.3) is 0 Å². The van der Waals surface area contributed by atoms with E-state index < -0.39 is 10.2 Å². The van der Waals surface area contributed by atoms with Gasteiger partial charge in [0.05, 0.1) is 43.7 Å². The zero-order valence-corrected chi connectivity index (χ0v) is 20.0. The van der Waals surface area contributed by atoms with Crippen molar-refractivity contribution in [2.24, 2.45) is 5.73 Å². The van der Waals surface area contributed by atoms with E-state index in [-0.39, 0.29) is 24.9 Å². The minimum Gasteiger partial charge on any atom is -0.378 e. The molecule has 0 saturated carbocycles. The number of nitrogens with zero attached hydrogens (tertiary/aromatic N) is 4. The molecule has 0 bridgehead atoms. The summed E-state index contributed by atoms with van der Waals surface area (Å²) in [4.78, 5) is 18.4. The van der Waals surface area contributed by atoms with E-state index in [1.165, 1.54) is 14.8 Å². The summed E-state index contributed by atoms with van der Waals surface area (Å²) < 4.78 is 35.7. The first kappa shape index (κ1) is 24.1. The molecule has 1 aromatic heterocycles. The Morgan fingerprint density at radius 2 is 2.06 bits per heavy atom. The van der Waals surface area contributed by atoms with Gasteiger partial charge in [-0.2, -0.15) is 12.7 Å². The molecule has 2 fully saturated rings. The maximum absolute atomic E-state index is 13.8. The Kier molecular flexibility index (Phi) is 7.32. The van der Waals surface area contributed by atoms with E-state index in [9.17, 15) is 13.2 Å². The van der Waals surface area contributed by atoms with Crippen LogP contribution in [-0.2, 0) is 21.5 Å². The number of hydrogen-bond acceptors (Lipinski definition) is 7. The summed E-state index contributed by atoms with van der Waals surface area (Å²) in [5, 5.41) is 0.438. The molecule has 0 amide bonds. The lowest BCUT2D eigenvalue weighted by Gasteiger charge is -2.46. The van der Waals surface area contributed by atoms with Crippen molar-refractivity contribution < 1.29 is 17.9 Å². The normalized spacial score (nSPS) is 20.4. The molecule has 11 heteroatoms. The van der Waals surface area contributed by atoms with E-state index in [2.05, 4.69) is 9.88 Å². The predicted octanol–water partition coefficient (Wildman–Crippen LogP) is 1.53. The summed E-state index contributed by atoms with van der Waals surface area (Å²) in [6.45, 7) is 4.74. The quantitative estimate of drug-likeness (QED) is 0.555. The first-order valence-electron chi connectivity index (χ1n) is 10.8. The Morgan fingerprint density at radius 1 is 1.27 bits per heavy atom. The molecular formula is C22H28ClN5O4S. The van der Waals surface area contributed by atoms with Gasteiger partial charge in [-0.1, -0.05) is 17.7 Å². The van der Waals surface area contributed by atoms with E-state index >= 15 is 0 Å². The molecule has 0 unspecified atom stereocenters. The fraction of sp³-hybridized carbons (Fsp3) is 0.455. The molecule has 2 saturated heterocycles. The van der Waals surface area contributed by atoms with Gasteiger partial charge < -0.3 is 10.5 Å². The standard InChI is InChI=1S/C22H28ClN5O4S/c1-16-12-26(7-8-27(16)21-14-32-15-21)33(30,31)28(20-4-2-3-18(23)9-20)13-19-6-5-17(11-25-19)22(29)10-24/h2-6,9,11,16,21H,7-8,10,12-15,24H2,1H3/t16-/m0/s1. The van der Waals surface area contributed by atoms with Crippen molar-refractivity contribution in [3.8, 4) is 0 Å². The number of piperazine rings is 1. The topological polar surface area (TPSA) is 109 Å². The van der Waals surface area contributed by atoms with Crippen LogP contribution in [-0.4, -0.2) is 79.9 Å². The maximum atomic E-state index is 13.8. The van der Waals surface area contributed by atoms with Gasteiger partial charge in [0, 0.05) is 42.5 Å². The number of pyridine rings is 1. The third-order valence-corrected chi connectivity index (χ3v) is 8.19. The zero-order valence-electron chi connectivity index (χ0n) is 18.4. The fourth-order valence-electron chi connectivity index (χ4n) is 4.13. The molecule has 1 atom stereocenters. The average molecular weight is 494 g/mol. The number of rotatable bonds is 8. The Morgan fingerprint density at radius 3 is 2.64 bits per heavy atom. The van der Waals surface area contributed by atoms with Crippen LogP contribution in [0.3, 0.4) is 0 Å². The Balaban J connectivity index is 1.59. The van der Waals surface area contributed by atoms with Crippen LogP contribution in [0, 0.1) is 0 Å². The third kappa shape index (κ3) is 5.21. The second-order valence-electron chi connectivity index (χ2n) is 8.30. The lowest BCUT2D eigenvalue weighted by Crippen LogP contribution is -2.62. The molecule has 3 heterocycles. The van der Waals surface area contributed by atoms with Gasteiger partial charge in [-0.3, -0.25) is 19.0 Å². The highest BCUT2D eigenvalue weighted by Crippen LogP contribution is 2.28.